The molecule has 0 radical (unpaired) electrons. The first-order chi connectivity index (χ1) is 26.5. The van der Waals surface area contributed by atoms with Crippen LogP contribution in [-0.4, -0.2) is 109 Å². The van der Waals surface area contributed by atoms with Gasteiger partial charge in [-0.2, -0.15) is 26.3 Å². The van der Waals surface area contributed by atoms with E-state index in [2.05, 4.69) is 25.3 Å². The van der Waals surface area contributed by atoms with Crippen LogP contribution in [0.5, 0.6) is 11.5 Å². The van der Waals surface area contributed by atoms with Crippen molar-refractivity contribution in [2.45, 2.75) is 56.8 Å². The van der Waals surface area contributed by atoms with E-state index in [4.69, 9.17) is 14.2 Å². The van der Waals surface area contributed by atoms with Crippen molar-refractivity contribution in [1.82, 2.24) is 20.1 Å². The van der Waals surface area contributed by atoms with Gasteiger partial charge in [-0.25, -0.2) is 14.6 Å². The van der Waals surface area contributed by atoms with Gasteiger partial charge in [0.25, 0.3) is 11.8 Å². The van der Waals surface area contributed by atoms with Crippen molar-refractivity contribution >= 4 is 40.8 Å². The SMILES string of the molecule is Cc1nc(C(=O)N2CCOC3(CCN(Cc4cccc(CCNCC(OC(=O)C(F)(F)F)c5ccc(OC(=O)C(F)(F)F)c6c5OCC(=O)N6)c4)CC3)C2)cs1. The molecule has 2 N–H and O–H groups in total. The first-order valence-electron chi connectivity index (χ1n) is 17.5. The van der Waals surface area contributed by atoms with Gasteiger partial charge < -0.3 is 34.5 Å². The monoisotopic (exact) mass is 813 g/mol. The Morgan fingerprint density at radius 2 is 1.77 bits per heavy atom. The van der Waals surface area contributed by atoms with Gasteiger partial charge in [0.05, 0.1) is 23.8 Å². The molecule has 20 heteroatoms. The van der Waals surface area contributed by atoms with Crippen molar-refractivity contribution in [3.05, 3.63) is 69.2 Å². The first-order valence-corrected chi connectivity index (χ1v) is 18.4. The molecule has 1 unspecified atom stereocenters. The van der Waals surface area contributed by atoms with E-state index in [0.29, 0.717) is 38.4 Å². The summed E-state index contributed by atoms with van der Waals surface area (Å²) < 4.78 is 99.2. The maximum Gasteiger partial charge on any atom is 0.491 e. The fraction of sp³-hybridized carbons (Fsp3) is 0.472. The highest BCUT2D eigenvalue weighted by Gasteiger charge is 2.45. The Morgan fingerprint density at radius 1 is 1.04 bits per heavy atom. The van der Waals surface area contributed by atoms with Gasteiger partial charge in [-0.1, -0.05) is 24.3 Å². The third-order valence-corrected chi connectivity index (χ3v) is 10.3. The Balaban J connectivity index is 1.06. The maximum atomic E-state index is 13.3. The minimum atomic E-state index is -5.39. The number of hydrogen-bond acceptors (Lipinski definition) is 12. The molecule has 1 aromatic heterocycles. The number of likely N-dealkylation sites (tertiary alicyclic amines) is 1. The largest absolute Gasteiger partial charge is 0.491 e. The lowest BCUT2D eigenvalue weighted by Gasteiger charge is -2.47. The number of halogens is 6. The van der Waals surface area contributed by atoms with Crippen LogP contribution in [0.15, 0.2) is 41.8 Å². The minimum absolute atomic E-state index is 0.0858. The average Bonchev–Trinajstić information content (AvgIpc) is 3.59. The van der Waals surface area contributed by atoms with E-state index in [9.17, 15) is 45.5 Å². The highest BCUT2D eigenvalue weighted by molar-refractivity contribution is 7.09. The minimum Gasteiger partial charge on any atom is -0.481 e. The van der Waals surface area contributed by atoms with Gasteiger partial charge in [-0.05, 0) is 56.0 Å². The number of nitrogens with one attached hydrogen (secondary N) is 2. The fourth-order valence-corrected chi connectivity index (χ4v) is 7.33. The number of carbonyl (C=O) groups is 4. The van der Waals surface area contributed by atoms with E-state index in [1.807, 2.05) is 36.1 Å². The second kappa shape index (κ2) is 16.7. The first kappa shape index (κ1) is 40.9. The van der Waals surface area contributed by atoms with Crippen LogP contribution in [0, 0.1) is 6.92 Å². The van der Waals surface area contributed by atoms with E-state index in [1.54, 1.807) is 5.38 Å². The van der Waals surface area contributed by atoms with Crippen LogP contribution in [0.25, 0.3) is 0 Å². The molecule has 3 aliphatic heterocycles. The molecule has 3 aliphatic rings. The number of piperidine rings is 1. The van der Waals surface area contributed by atoms with Crippen LogP contribution in [0.4, 0.5) is 32.0 Å². The lowest BCUT2D eigenvalue weighted by Crippen LogP contribution is -2.58. The zero-order valence-electron chi connectivity index (χ0n) is 29.9. The third kappa shape index (κ3) is 9.95. The molecule has 0 bridgehead atoms. The van der Waals surface area contributed by atoms with Crippen LogP contribution < -0.4 is 20.1 Å². The molecule has 302 valence electrons. The molecular weight excluding hydrogens is 776 g/mol. The molecule has 2 saturated heterocycles. The molecular formula is C36H37F6N5O8S. The van der Waals surface area contributed by atoms with Crippen LogP contribution in [0.2, 0.25) is 0 Å². The molecule has 2 fully saturated rings. The molecule has 0 saturated carbocycles. The number of alkyl halides is 6. The predicted molar refractivity (Wildman–Crippen MR) is 186 cm³/mol. The summed E-state index contributed by atoms with van der Waals surface area (Å²) in [4.78, 5) is 56.9. The average molecular weight is 814 g/mol. The fourth-order valence-electron chi connectivity index (χ4n) is 6.75. The quantitative estimate of drug-likeness (QED) is 0.120. The Bertz CT molecular complexity index is 1950. The lowest BCUT2D eigenvalue weighted by atomic mass is 9.89. The van der Waals surface area contributed by atoms with Gasteiger partial charge in [-0.15, -0.1) is 11.3 Å². The number of aryl methyl sites for hydroxylation is 1. The molecule has 2 aromatic carbocycles. The van der Waals surface area contributed by atoms with Gasteiger partial charge in [0, 0.05) is 43.7 Å². The van der Waals surface area contributed by atoms with Gasteiger partial charge in [0.15, 0.2) is 18.1 Å². The lowest BCUT2D eigenvalue weighted by molar-refractivity contribution is -0.205. The van der Waals surface area contributed by atoms with Gasteiger partial charge >= 0.3 is 24.3 Å². The predicted octanol–water partition coefficient (Wildman–Crippen LogP) is 4.74. The van der Waals surface area contributed by atoms with Gasteiger partial charge in [-0.3, -0.25) is 14.5 Å². The summed E-state index contributed by atoms with van der Waals surface area (Å²) in [5.74, 6) is -7.28. The zero-order chi connectivity index (χ0) is 40.3. The number of nitrogens with zero attached hydrogens (tertiary/aromatic N) is 3. The number of carbonyl (C=O) groups excluding carboxylic acids is 4. The molecule has 13 nitrogen and oxygen atoms in total. The van der Waals surface area contributed by atoms with Crippen molar-refractivity contribution in [2.75, 3.05) is 57.8 Å². The molecule has 4 heterocycles. The van der Waals surface area contributed by atoms with E-state index in [-0.39, 0.29) is 18.0 Å². The molecule has 2 amide bonds. The Labute approximate surface area is 320 Å². The summed E-state index contributed by atoms with van der Waals surface area (Å²) >= 11 is 1.44. The number of aromatic nitrogens is 1. The number of morpholine rings is 1. The van der Waals surface area contributed by atoms with Gasteiger partial charge in [0.2, 0.25) is 0 Å². The summed E-state index contributed by atoms with van der Waals surface area (Å²) in [6.45, 7) is 4.65. The topological polar surface area (TPSA) is 149 Å². The number of esters is 2. The number of benzene rings is 2. The van der Waals surface area contributed by atoms with Crippen LogP contribution in [0.1, 0.15) is 51.1 Å². The molecule has 56 heavy (non-hydrogen) atoms. The normalized spacial score (nSPS) is 17.8. The molecule has 1 spiro atoms. The number of rotatable bonds is 11. The van der Waals surface area contributed by atoms with Crippen molar-refractivity contribution in [2.24, 2.45) is 0 Å². The highest BCUT2D eigenvalue weighted by atomic mass is 32.1. The number of anilines is 1. The number of amides is 2. The van der Waals surface area contributed by atoms with Crippen molar-refractivity contribution in [3.63, 3.8) is 0 Å². The number of thiazole rings is 1. The standard InChI is InChI=1S/C36H37F6N5O8S/c1-21-44-25(19-56-21)31(49)47-13-14-53-34(20-47)8-11-46(12-9-34)17-23-4-2-3-22(15-23)7-10-43-16-27(55-33(51)36(40,41)42)24-5-6-26(54-32(50)35(37,38)39)29-30(24)52-18-28(48)45-29/h2-6,15,19,27,43H,7-14,16-18,20H2,1H3,(H,45,48). The highest BCUT2D eigenvalue weighted by Crippen LogP contribution is 2.44. The summed E-state index contributed by atoms with van der Waals surface area (Å²) in [5, 5.41) is 7.76. The summed E-state index contributed by atoms with van der Waals surface area (Å²) in [6.07, 6.45) is -10.5. The van der Waals surface area contributed by atoms with Crippen molar-refractivity contribution < 1.29 is 64.5 Å². The Morgan fingerprint density at radius 3 is 2.46 bits per heavy atom. The molecule has 1 atom stereocenters. The number of fused-ring (bicyclic) bond motifs is 1. The number of ether oxygens (including phenoxy) is 4. The van der Waals surface area contributed by atoms with E-state index in [1.165, 1.54) is 11.3 Å². The van der Waals surface area contributed by atoms with Gasteiger partial charge in [0.1, 0.15) is 17.5 Å². The summed E-state index contributed by atoms with van der Waals surface area (Å²) in [7, 11) is 0. The third-order valence-electron chi connectivity index (χ3n) is 9.48. The summed E-state index contributed by atoms with van der Waals surface area (Å²) in [5.41, 5.74) is 1.21. The second-order valence-electron chi connectivity index (χ2n) is 13.5. The molecule has 6 rings (SSSR count). The Hall–Kier alpha value is -4.79. The van der Waals surface area contributed by atoms with E-state index < -0.39 is 72.2 Å². The summed E-state index contributed by atoms with van der Waals surface area (Å²) in [6, 6.07) is 9.57. The Kier molecular flexibility index (Phi) is 12.2. The maximum absolute atomic E-state index is 13.3. The molecule has 0 aliphatic carbocycles. The number of hydrogen-bond donors (Lipinski definition) is 2. The van der Waals surface area contributed by atoms with Crippen molar-refractivity contribution in [3.8, 4) is 11.5 Å². The van der Waals surface area contributed by atoms with E-state index >= 15 is 0 Å². The second-order valence-corrected chi connectivity index (χ2v) is 14.6. The molecule has 3 aromatic rings. The zero-order valence-corrected chi connectivity index (χ0v) is 30.7. The van der Waals surface area contributed by atoms with E-state index in [0.717, 1.165) is 54.2 Å². The van der Waals surface area contributed by atoms with Crippen LogP contribution >= 0.6 is 11.3 Å². The van der Waals surface area contributed by atoms with Crippen LogP contribution in [0.3, 0.4) is 0 Å². The van der Waals surface area contributed by atoms with Crippen LogP contribution in [-0.2, 0) is 36.8 Å². The smallest absolute Gasteiger partial charge is 0.481 e. The van der Waals surface area contributed by atoms with Crippen molar-refractivity contribution in [1.29, 1.82) is 0 Å².